The number of carbonyl (C=O) groups is 1. The third-order valence-electron chi connectivity index (χ3n) is 2.15. The Morgan fingerprint density at radius 3 is 2.00 bits per heavy atom. The van der Waals surface area contributed by atoms with Crippen molar-refractivity contribution >= 4 is 5.91 Å². The second-order valence-electron chi connectivity index (χ2n) is 3.18. The van der Waals surface area contributed by atoms with Gasteiger partial charge in [-0.05, 0) is 25.0 Å². The van der Waals surface area contributed by atoms with Crippen LogP contribution in [0.2, 0.25) is 0 Å². The van der Waals surface area contributed by atoms with Crippen molar-refractivity contribution in [2.45, 2.75) is 48.5 Å². The molecule has 1 amide bonds. The van der Waals surface area contributed by atoms with Crippen LogP contribution < -0.4 is 0 Å². The molecule has 0 aromatic carbocycles. The lowest BCUT2D eigenvalue weighted by atomic mass is 10.2. The molecule has 1 aliphatic rings. The first-order chi connectivity index (χ1) is 7.65. The fraction of sp³-hybridized carbons (Fsp3) is 0.643. The topological polar surface area (TPSA) is 20.3 Å². The number of hydrogen-bond donors (Lipinski definition) is 0. The molecule has 1 heterocycles. The lowest BCUT2D eigenvalue weighted by Gasteiger charge is -2.12. The predicted molar refractivity (Wildman–Crippen MR) is 72.5 cm³/mol. The molecule has 0 unspecified atom stereocenters. The summed E-state index contributed by atoms with van der Waals surface area (Å²) in [5.74, 6) is 0.161. The molecule has 0 radical (unpaired) electrons. The van der Waals surface area contributed by atoms with Crippen molar-refractivity contribution in [3.8, 4) is 0 Å². The quantitative estimate of drug-likeness (QED) is 0.665. The molecule has 2 heteroatoms. The van der Waals surface area contributed by atoms with E-state index in [0.717, 1.165) is 13.1 Å². The van der Waals surface area contributed by atoms with Crippen molar-refractivity contribution < 1.29 is 4.79 Å². The van der Waals surface area contributed by atoms with Gasteiger partial charge in [0.15, 0.2) is 0 Å². The first kappa shape index (κ1) is 17.3. The average molecular weight is 225 g/mol. The molecule has 0 bridgehead atoms. The van der Waals surface area contributed by atoms with E-state index in [2.05, 4.69) is 13.0 Å². The first-order valence-electron chi connectivity index (χ1n) is 6.22. The van der Waals surface area contributed by atoms with Gasteiger partial charge in [0.05, 0.1) is 0 Å². The number of nitrogens with zero attached hydrogens (tertiary/aromatic N) is 1. The van der Waals surface area contributed by atoms with Crippen LogP contribution >= 0.6 is 0 Å². The maximum atomic E-state index is 11.0. The van der Waals surface area contributed by atoms with E-state index in [1.165, 1.54) is 11.1 Å². The van der Waals surface area contributed by atoms with E-state index < -0.39 is 0 Å². The van der Waals surface area contributed by atoms with Crippen molar-refractivity contribution in [1.82, 2.24) is 4.90 Å². The number of allylic oxidation sites excluding steroid dienone is 1. The summed E-state index contributed by atoms with van der Waals surface area (Å²) < 4.78 is 0. The van der Waals surface area contributed by atoms with Gasteiger partial charge in [-0.2, -0.15) is 0 Å². The lowest BCUT2D eigenvalue weighted by Crippen LogP contribution is -2.26. The van der Waals surface area contributed by atoms with Crippen LogP contribution in [0.1, 0.15) is 48.5 Å². The molecular formula is C14H27NO. The zero-order valence-electron chi connectivity index (χ0n) is 11.9. The van der Waals surface area contributed by atoms with Gasteiger partial charge in [-0.3, -0.25) is 4.79 Å². The maximum Gasteiger partial charge on any atom is 0.220 e. The van der Waals surface area contributed by atoms with E-state index in [1.807, 2.05) is 45.6 Å². The number of rotatable bonds is 1. The second-order valence-corrected chi connectivity index (χ2v) is 3.18. The van der Waals surface area contributed by atoms with Crippen molar-refractivity contribution in [2.24, 2.45) is 0 Å². The van der Waals surface area contributed by atoms with E-state index >= 15 is 0 Å². The van der Waals surface area contributed by atoms with Crippen LogP contribution in [-0.4, -0.2) is 23.9 Å². The molecule has 0 fully saturated rings. The van der Waals surface area contributed by atoms with Gasteiger partial charge in [0.25, 0.3) is 0 Å². The summed E-state index contributed by atoms with van der Waals surface area (Å²) in [7, 11) is 0. The highest BCUT2D eigenvalue weighted by Crippen LogP contribution is 2.17. The SMILES string of the molecule is C/C=C\C1=C(C)CN(C(C)=O)C1.CC.CC. The van der Waals surface area contributed by atoms with Crippen LogP contribution in [0.5, 0.6) is 0 Å². The van der Waals surface area contributed by atoms with Crippen LogP contribution in [0.4, 0.5) is 0 Å². The van der Waals surface area contributed by atoms with Gasteiger partial charge in [0.1, 0.15) is 0 Å². The largest absolute Gasteiger partial charge is 0.335 e. The molecule has 16 heavy (non-hydrogen) atoms. The Labute approximate surface area is 101 Å². The molecule has 0 saturated carbocycles. The van der Waals surface area contributed by atoms with Crippen LogP contribution in [-0.2, 0) is 4.79 Å². The van der Waals surface area contributed by atoms with E-state index in [0.29, 0.717) is 0 Å². The average Bonchev–Trinajstić information content (AvgIpc) is 2.67. The Kier molecular flexibility index (Phi) is 11.3. The maximum absolute atomic E-state index is 11.0. The molecule has 1 rings (SSSR count). The highest BCUT2D eigenvalue weighted by molar-refractivity contribution is 5.74. The Bertz CT molecular complexity index is 251. The molecule has 0 aliphatic carbocycles. The summed E-state index contributed by atoms with van der Waals surface area (Å²) in [5.41, 5.74) is 2.59. The van der Waals surface area contributed by atoms with Gasteiger partial charge >= 0.3 is 0 Å². The summed E-state index contributed by atoms with van der Waals surface area (Å²) in [5, 5.41) is 0. The summed E-state index contributed by atoms with van der Waals surface area (Å²) in [6.45, 7) is 15.3. The Hall–Kier alpha value is -1.05. The zero-order valence-corrected chi connectivity index (χ0v) is 11.9. The Morgan fingerprint density at radius 1 is 1.19 bits per heavy atom. The van der Waals surface area contributed by atoms with Crippen molar-refractivity contribution in [3.63, 3.8) is 0 Å². The van der Waals surface area contributed by atoms with E-state index in [9.17, 15) is 4.79 Å². The van der Waals surface area contributed by atoms with Crippen LogP contribution in [0.25, 0.3) is 0 Å². The molecule has 0 aromatic rings. The van der Waals surface area contributed by atoms with Gasteiger partial charge in [0, 0.05) is 20.0 Å². The predicted octanol–water partition coefficient (Wildman–Crippen LogP) is 3.79. The first-order valence-corrected chi connectivity index (χ1v) is 6.22. The molecule has 0 N–H and O–H groups in total. The van der Waals surface area contributed by atoms with Gasteiger partial charge in [-0.25, -0.2) is 0 Å². The second kappa shape index (κ2) is 10.5. The molecular weight excluding hydrogens is 198 g/mol. The minimum Gasteiger partial charge on any atom is -0.335 e. The van der Waals surface area contributed by atoms with Gasteiger partial charge in [-0.1, -0.05) is 39.8 Å². The standard InChI is InChI=1S/C10H15NO.2C2H6/c1-4-5-10-7-11(9(3)12)6-8(10)2;2*1-2/h4-5H,6-7H2,1-3H3;2*1-2H3/b5-4-;;. The third-order valence-corrected chi connectivity index (χ3v) is 2.15. The summed E-state index contributed by atoms with van der Waals surface area (Å²) in [6, 6.07) is 0. The smallest absolute Gasteiger partial charge is 0.220 e. The minimum absolute atomic E-state index is 0.161. The molecule has 1 aliphatic heterocycles. The zero-order chi connectivity index (χ0) is 13.1. The minimum atomic E-state index is 0.161. The summed E-state index contributed by atoms with van der Waals surface area (Å²) in [6.07, 6.45) is 4.10. The van der Waals surface area contributed by atoms with Crippen molar-refractivity contribution in [3.05, 3.63) is 23.3 Å². The highest BCUT2D eigenvalue weighted by atomic mass is 16.2. The molecule has 0 aromatic heterocycles. The van der Waals surface area contributed by atoms with Gasteiger partial charge in [0.2, 0.25) is 5.91 Å². The van der Waals surface area contributed by atoms with E-state index in [1.54, 1.807) is 6.92 Å². The van der Waals surface area contributed by atoms with Crippen molar-refractivity contribution in [2.75, 3.05) is 13.1 Å². The van der Waals surface area contributed by atoms with E-state index in [4.69, 9.17) is 0 Å². The van der Waals surface area contributed by atoms with Gasteiger partial charge in [-0.15, -0.1) is 0 Å². The van der Waals surface area contributed by atoms with Crippen LogP contribution in [0.3, 0.4) is 0 Å². The highest BCUT2D eigenvalue weighted by Gasteiger charge is 2.18. The third kappa shape index (κ3) is 5.74. The lowest BCUT2D eigenvalue weighted by molar-refractivity contribution is -0.127. The normalized spacial score (nSPS) is 14.3. The molecule has 0 spiro atoms. The van der Waals surface area contributed by atoms with E-state index in [-0.39, 0.29) is 5.91 Å². The Balaban J connectivity index is 0. The van der Waals surface area contributed by atoms with Crippen molar-refractivity contribution in [1.29, 1.82) is 0 Å². The molecule has 2 nitrogen and oxygen atoms in total. The summed E-state index contributed by atoms with van der Waals surface area (Å²) >= 11 is 0. The van der Waals surface area contributed by atoms with Crippen LogP contribution in [0.15, 0.2) is 23.3 Å². The Morgan fingerprint density at radius 2 is 1.69 bits per heavy atom. The fourth-order valence-electron chi connectivity index (χ4n) is 1.40. The molecule has 0 saturated heterocycles. The number of carbonyl (C=O) groups excluding carboxylic acids is 1. The van der Waals surface area contributed by atoms with Crippen LogP contribution in [0, 0.1) is 0 Å². The monoisotopic (exact) mass is 225 g/mol. The summed E-state index contributed by atoms with van der Waals surface area (Å²) in [4.78, 5) is 12.9. The number of hydrogen-bond acceptors (Lipinski definition) is 1. The van der Waals surface area contributed by atoms with Gasteiger partial charge < -0.3 is 4.90 Å². The fourth-order valence-corrected chi connectivity index (χ4v) is 1.40. The number of amides is 1. The molecule has 94 valence electrons. The molecule has 0 atom stereocenters.